The van der Waals surface area contributed by atoms with Gasteiger partial charge in [0, 0.05) is 49.0 Å². The van der Waals surface area contributed by atoms with Gasteiger partial charge in [0.05, 0.1) is 0 Å². The molecule has 0 radical (unpaired) electrons. The number of benzene rings is 2. The second-order valence-electron chi connectivity index (χ2n) is 6.81. The minimum atomic E-state index is -0.560. The minimum absolute atomic E-state index is 0. The van der Waals surface area contributed by atoms with Crippen molar-refractivity contribution in [1.82, 2.24) is 4.90 Å². The van der Waals surface area contributed by atoms with Crippen molar-refractivity contribution in [2.24, 2.45) is 0 Å². The van der Waals surface area contributed by atoms with Gasteiger partial charge in [0.2, 0.25) is 0 Å². The molecule has 7 heteroatoms. The van der Waals surface area contributed by atoms with Crippen molar-refractivity contribution in [1.29, 1.82) is 0 Å². The Bertz CT molecular complexity index is 763. The van der Waals surface area contributed by atoms with E-state index in [1.54, 1.807) is 24.3 Å². The Balaban J connectivity index is 0.00000280. The van der Waals surface area contributed by atoms with Gasteiger partial charge < -0.3 is 14.7 Å². The Morgan fingerprint density at radius 3 is 2.43 bits per heavy atom. The number of aliphatic hydroxyl groups is 1. The molecule has 1 atom stereocenters. The zero-order valence-corrected chi connectivity index (χ0v) is 17.5. The summed E-state index contributed by atoms with van der Waals surface area (Å²) in [4.78, 5) is 15.8. The van der Waals surface area contributed by atoms with Crippen LogP contribution in [0.2, 0.25) is 5.02 Å². The summed E-state index contributed by atoms with van der Waals surface area (Å²) in [5.74, 6) is 0.684. The summed E-state index contributed by atoms with van der Waals surface area (Å²) in [6, 6.07) is 14.9. The summed E-state index contributed by atoms with van der Waals surface area (Å²) in [6.45, 7) is 5.92. The zero-order chi connectivity index (χ0) is 19.2. The summed E-state index contributed by atoms with van der Waals surface area (Å²) in [5, 5.41) is 11.0. The van der Waals surface area contributed by atoms with Gasteiger partial charge in [-0.2, -0.15) is 0 Å². The van der Waals surface area contributed by atoms with Gasteiger partial charge in [0.15, 0.2) is 5.78 Å². The highest BCUT2D eigenvalue weighted by Crippen LogP contribution is 2.21. The molecule has 3 rings (SSSR count). The second kappa shape index (κ2) is 10.7. The summed E-state index contributed by atoms with van der Waals surface area (Å²) in [6.07, 6.45) is -0.560. The lowest BCUT2D eigenvalue weighted by Gasteiger charge is -2.36. The molecule has 1 heterocycles. The first kappa shape index (κ1) is 22.5. The normalized spacial score (nSPS) is 15.6. The third-order valence-electron chi connectivity index (χ3n) is 4.72. The highest BCUT2D eigenvalue weighted by atomic mass is 35.5. The van der Waals surface area contributed by atoms with Crippen LogP contribution in [0.4, 0.5) is 5.69 Å². The van der Waals surface area contributed by atoms with E-state index in [9.17, 15) is 9.90 Å². The topological polar surface area (TPSA) is 53.0 Å². The number of nitrogens with zero attached hydrogens (tertiary/aromatic N) is 2. The Kier molecular flexibility index (Phi) is 8.58. The molecule has 28 heavy (non-hydrogen) atoms. The molecule has 1 fully saturated rings. The number of aliphatic hydroxyl groups excluding tert-OH is 1. The third-order valence-corrected chi connectivity index (χ3v) is 4.95. The standard InChI is InChI=1S/C21H25ClN2O3.ClH/c1-16(25)17-5-7-21(8-6-17)27-15-20(26)14-23-9-11-24(12-10-23)19-4-2-3-18(22)13-19;/h2-8,13,20,26H,9-12,14-15H2,1H3;1H. The highest BCUT2D eigenvalue weighted by molar-refractivity contribution is 6.30. The summed E-state index contributed by atoms with van der Waals surface area (Å²) >= 11 is 6.07. The van der Waals surface area contributed by atoms with Crippen LogP contribution < -0.4 is 9.64 Å². The molecule has 1 N–H and O–H groups in total. The van der Waals surface area contributed by atoms with Gasteiger partial charge in [-0.1, -0.05) is 17.7 Å². The number of anilines is 1. The summed E-state index contributed by atoms with van der Waals surface area (Å²) < 4.78 is 5.63. The Hall–Kier alpha value is -1.79. The van der Waals surface area contributed by atoms with Crippen LogP contribution >= 0.6 is 24.0 Å². The van der Waals surface area contributed by atoms with E-state index in [0.29, 0.717) is 17.9 Å². The van der Waals surface area contributed by atoms with Crippen LogP contribution in [0.25, 0.3) is 0 Å². The maximum atomic E-state index is 11.3. The highest BCUT2D eigenvalue weighted by Gasteiger charge is 2.20. The van der Waals surface area contributed by atoms with Gasteiger partial charge in [-0.25, -0.2) is 0 Å². The summed E-state index contributed by atoms with van der Waals surface area (Å²) in [5.41, 5.74) is 1.79. The smallest absolute Gasteiger partial charge is 0.159 e. The van der Waals surface area contributed by atoms with E-state index in [2.05, 4.69) is 15.9 Å². The molecule has 0 aromatic heterocycles. The second-order valence-corrected chi connectivity index (χ2v) is 7.25. The maximum Gasteiger partial charge on any atom is 0.159 e. The van der Waals surface area contributed by atoms with E-state index in [-0.39, 0.29) is 24.8 Å². The molecule has 2 aromatic carbocycles. The van der Waals surface area contributed by atoms with Crippen molar-refractivity contribution in [2.45, 2.75) is 13.0 Å². The van der Waals surface area contributed by atoms with E-state index in [1.807, 2.05) is 18.2 Å². The SMILES string of the molecule is CC(=O)c1ccc(OCC(O)CN2CCN(c3cccc(Cl)c3)CC2)cc1.Cl. The Labute approximate surface area is 177 Å². The fourth-order valence-electron chi connectivity index (χ4n) is 3.19. The number of rotatable bonds is 7. The van der Waals surface area contributed by atoms with E-state index in [1.165, 1.54) is 6.92 Å². The molecular formula is C21H26Cl2N2O3. The number of carbonyl (C=O) groups excluding carboxylic acids is 1. The predicted octanol–water partition coefficient (Wildman–Crippen LogP) is 3.53. The van der Waals surface area contributed by atoms with Crippen LogP contribution in [-0.2, 0) is 0 Å². The molecule has 1 aliphatic heterocycles. The van der Waals surface area contributed by atoms with Gasteiger partial charge in [0.25, 0.3) is 0 Å². The number of β-amino-alcohol motifs (C(OH)–C–C–N with tert-alkyl or cyclic N) is 1. The molecular weight excluding hydrogens is 399 g/mol. The number of hydrogen-bond acceptors (Lipinski definition) is 5. The average molecular weight is 425 g/mol. The number of piperazine rings is 1. The lowest BCUT2D eigenvalue weighted by molar-refractivity contribution is 0.0663. The molecule has 152 valence electrons. The van der Waals surface area contributed by atoms with E-state index in [4.69, 9.17) is 16.3 Å². The van der Waals surface area contributed by atoms with Gasteiger partial charge in [-0.15, -0.1) is 12.4 Å². The number of carbonyl (C=O) groups is 1. The van der Waals surface area contributed by atoms with Crippen molar-refractivity contribution < 1.29 is 14.6 Å². The van der Waals surface area contributed by atoms with Gasteiger partial charge in [-0.3, -0.25) is 9.69 Å². The molecule has 1 saturated heterocycles. The van der Waals surface area contributed by atoms with Crippen LogP contribution in [0.5, 0.6) is 5.75 Å². The lowest BCUT2D eigenvalue weighted by atomic mass is 10.1. The van der Waals surface area contributed by atoms with Crippen LogP contribution in [-0.4, -0.2) is 61.2 Å². The molecule has 1 unspecified atom stereocenters. The number of ether oxygens (including phenoxy) is 1. The van der Waals surface area contributed by atoms with E-state index in [0.717, 1.165) is 36.9 Å². The van der Waals surface area contributed by atoms with Crippen LogP contribution in [0.3, 0.4) is 0 Å². The third kappa shape index (κ3) is 6.38. The molecule has 5 nitrogen and oxygen atoms in total. The first-order chi connectivity index (χ1) is 13.0. The Morgan fingerprint density at radius 1 is 1.14 bits per heavy atom. The van der Waals surface area contributed by atoms with Crippen LogP contribution in [0.1, 0.15) is 17.3 Å². The van der Waals surface area contributed by atoms with Gasteiger partial charge in [0.1, 0.15) is 18.5 Å². The first-order valence-corrected chi connectivity index (χ1v) is 9.54. The van der Waals surface area contributed by atoms with E-state index < -0.39 is 6.10 Å². The van der Waals surface area contributed by atoms with Crippen molar-refractivity contribution in [2.75, 3.05) is 44.2 Å². The van der Waals surface area contributed by atoms with Crippen LogP contribution in [0.15, 0.2) is 48.5 Å². The van der Waals surface area contributed by atoms with Crippen molar-refractivity contribution in [3.05, 3.63) is 59.1 Å². The fraction of sp³-hybridized carbons (Fsp3) is 0.381. The van der Waals surface area contributed by atoms with Gasteiger partial charge in [-0.05, 0) is 49.4 Å². The average Bonchev–Trinajstić information content (AvgIpc) is 2.67. The van der Waals surface area contributed by atoms with Crippen molar-refractivity contribution in [3.63, 3.8) is 0 Å². The van der Waals surface area contributed by atoms with Crippen LogP contribution in [0, 0.1) is 0 Å². The summed E-state index contributed by atoms with van der Waals surface area (Å²) in [7, 11) is 0. The van der Waals surface area contributed by atoms with Crippen molar-refractivity contribution >= 4 is 35.5 Å². The molecule has 1 aliphatic rings. The molecule has 0 amide bonds. The monoisotopic (exact) mass is 424 g/mol. The quantitative estimate of drug-likeness (QED) is 0.688. The number of hydrogen-bond donors (Lipinski definition) is 1. The number of ketones is 1. The fourth-order valence-corrected chi connectivity index (χ4v) is 3.38. The molecule has 2 aromatic rings. The molecule has 0 saturated carbocycles. The maximum absolute atomic E-state index is 11.3. The Morgan fingerprint density at radius 2 is 1.82 bits per heavy atom. The number of Topliss-reactive ketones (excluding diaryl/α,β-unsaturated/α-hetero) is 1. The minimum Gasteiger partial charge on any atom is -0.491 e. The molecule has 0 aliphatic carbocycles. The largest absolute Gasteiger partial charge is 0.491 e. The predicted molar refractivity (Wildman–Crippen MR) is 115 cm³/mol. The number of halogens is 2. The van der Waals surface area contributed by atoms with Gasteiger partial charge >= 0.3 is 0 Å². The molecule has 0 bridgehead atoms. The van der Waals surface area contributed by atoms with Crippen molar-refractivity contribution in [3.8, 4) is 5.75 Å². The zero-order valence-electron chi connectivity index (χ0n) is 15.9. The molecule has 0 spiro atoms. The lowest BCUT2D eigenvalue weighted by Crippen LogP contribution is -2.49. The first-order valence-electron chi connectivity index (χ1n) is 9.16. The van der Waals surface area contributed by atoms with E-state index >= 15 is 0 Å².